The van der Waals surface area contributed by atoms with Gasteiger partial charge < -0.3 is 44.9 Å². The fourth-order valence-electron chi connectivity index (χ4n) is 10.0. The number of likely N-dealkylation sites (tertiary alicyclic amines) is 1. The van der Waals surface area contributed by atoms with Crippen molar-refractivity contribution in [2.24, 2.45) is 23.7 Å². The zero-order valence-electron chi connectivity index (χ0n) is 48.0. The second-order valence-electron chi connectivity index (χ2n) is 21.0. The molecule has 0 unspecified atom stereocenters. The standard InChI is InChI=1S/C57H88N8O9S3/c1-15-38(7)50(64(12)56(70)48(36(3)4)61-54(69)49(37(5)6)62(9)10)46(72-13)34-47(66)65-30-20-23-45(65)51(73-14)39(8)52(67)59-43(33-41-21-18-17-19-22-41)55-60-44(35-75-55)53(68)58-29-28-40-24-26-42(27-25-40)74-57(71)63(11)31-32-77-76-16-2/h17-19,21-22,24-27,35-39,43,45-46,48-51H,15-16,20,23,28-34H2,1-14H3,(H,58,68)(H,59,67)(H,61,69)/t38-,39+,43-,45-,46+,48-,49-,50-,51+/m0/s1. The van der Waals surface area contributed by atoms with E-state index in [9.17, 15) is 28.8 Å². The molecule has 1 fully saturated rings. The number of ether oxygens (including phenoxy) is 3. The normalized spacial score (nSPS) is 16.7. The van der Waals surface area contributed by atoms with E-state index >= 15 is 0 Å². The van der Waals surface area contributed by atoms with Crippen LogP contribution in [0.15, 0.2) is 60.0 Å². The van der Waals surface area contributed by atoms with Gasteiger partial charge in [-0.05, 0) is 80.8 Å². The monoisotopic (exact) mass is 1120 g/mol. The minimum Gasteiger partial charge on any atom is -0.410 e. The Hall–Kier alpha value is -4.73. The summed E-state index contributed by atoms with van der Waals surface area (Å²) >= 11 is 1.30. The first-order valence-corrected chi connectivity index (χ1v) is 30.5. The molecule has 17 nitrogen and oxygen atoms in total. The summed E-state index contributed by atoms with van der Waals surface area (Å²) in [7, 11) is 13.8. The third-order valence-electron chi connectivity index (χ3n) is 14.4. The number of aromatic nitrogens is 1. The quantitative estimate of drug-likeness (QED) is 0.0415. The molecule has 3 N–H and O–H groups in total. The predicted octanol–water partition coefficient (Wildman–Crippen LogP) is 7.99. The van der Waals surface area contributed by atoms with Crippen molar-refractivity contribution in [1.82, 2.24) is 40.5 Å². The van der Waals surface area contributed by atoms with E-state index in [2.05, 4.69) is 22.9 Å². The number of methoxy groups -OCH3 is 2. The summed E-state index contributed by atoms with van der Waals surface area (Å²) in [5, 5.41) is 11.5. The minimum absolute atomic E-state index is 0.00713. The SMILES string of the molecule is CCSSCCN(C)C(=O)Oc1ccc(CCNC(=O)c2csc([C@H](Cc3ccccc3)NC(=O)[C@H](C)[C@@H](OC)[C@@H]3CCCN3C(=O)C[C@@H](OC)[C@H]([C@@H](C)CC)N(C)C(=O)[C@@H](NC(=O)[C@H](C(C)C)N(C)C)C(C)C)n2)cc1. The molecule has 77 heavy (non-hydrogen) atoms. The summed E-state index contributed by atoms with van der Waals surface area (Å²) in [6.45, 7) is 17.2. The number of nitrogens with one attached hydrogen (secondary N) is 3. The van der Waals surface area contributed by atoms with Crippen LogP contribution < -0.4 is 20.7 Å². The zero-order valence-corrected chi connectivity index (χ0v) is 50.5. The number of rotatable bonds is 31. The fourth-order valence-corrected chi connectivity index (χ4v) is 12.6. The van der Waals surface area contributed by atoms with Crippen LogP contribution in [0.1, 0.15) is 114 Å². The summed E-state index contributed by atoms with van der Waals surface area (Å²) in [4.78, 5) is 94.6. The molecule has 6 amide bonds. The number of thiazole rings is 1. The maximum absolute atomic E-state index is 14.6. The summed E-state index contributed by atoms with van der Waals surface area (Å²) in [5.74, 6) is 0.0932. The van der Waals surface area contributed by atoms with Gasteiger partial charge in [0, 0.05) is 64.8 Å². The smallest absolute Gasteiger partial charge is 0.410 e. The molecular weight excluding hydrogens is 1040 g/mol. The molecule has 9 atom stereocenters. The van der Waals surface area contributed by atoms with E-state index in [1.54, 1.807) is 82.1 Å². The van der Waals surface area contributed by atoms with E-state index in [4.69, 9.17) is 19.2 Å². The number of benzene rings is 2. The third kappa shape index (κ3) is 19.0. The zero-order chi connectivity index (χ0) is 56.9. The number of hydrogen-bond donors (Lipinski definition) is 3. The van der Waals surface area contributed by atoms with Crippen LogP contribution in [0, 0.1) is 23.7 Å². The molecule has 0 radical (unpaired) electrons. The molecule has 1 aromatic heterocycles. The highest BCUT2D eigenvalue weighted by atomic mass is 33.1. The highest BCUT2D eigenvalue weighted by Crippen LogP contribution is 2.31. The van der Waals surface area contributed by atoms with Gasteiger partial charge in [0.1, 0.15) is 22.5 Å². The summed E-state index contributed by atoms with van der Waals surface area (Å²) < 4.78 is 17.8. The lowest BCUT2D eigenvalue weighted by Crippen LogP contribution is -2.59. The highest BCUT2D eigenvalue weighted by molar-refractivity contribution is 8.76. The molecule has 1 saturated heterocycles. The molecule has 0 bridgehead atoms. The van der Waals surface area contributed by atoms with Gasteiger partial charge in [-0.15, -0.1) is 11.3 Å². The molecule has 4 rings (SSSR count). The lowest BCUT2D eigenvalue weighted by Gasteiger charge is -2.41. The van der Waals surface area contributed by atoms with Crippen molar-refractivity contribution in [3.63, 3.8) is 0 Å². The molecule has 2 aromatic carbocycles. The van der Waals surface area contributed by atoms with Gasteiger partial charge in [-0.25, -0.2) is 9.78 Å². The Morgan fingerprint density at radius 2 is 1.53 bits per heavy atom. The summed E-state index contributed by atoms with van der Waals surface area (Å²) in [6, 6.07) is 14.3. The lowest BCUT2D eigenvalue weighted by molar-refractivity contribution is -0.148. The molecule has 1 aliphatic rings. The van der Waals surface area contributed by atoms with Gasteiger partial charge in [-0.3, -0.25) is 28.9 Å². The first kappa shape index (κ1) is 64.8. The van der Waals surface area contributed by atoms with Gasteiger partial charge in [0.05, 0.1) is 48.7 Å². The Bertz CT molecular complexity index is 2320. The fraction of sp³-hybridized carbons (Fsp3) is 0.632. The third-order valence-corrected chi connectivity index (χ3v) is 17.9. The Morgan fingerprint density at radius 3 is 2.13 bits per heavy atom. The van der Waals surface area contributed by atoms with Crippen molar-refractivity contribution in [1.29, 1.82) is 0 Å². The molecule has 3 aromatic rings. The van der Waals surface area contributed by atoms with Gasteiger partial charge in [-0.1, -0.05) is 126 Å². The molecule has 2 heterocycles. The molecular formula is C57H88N8O9S3. The van der Waals surface area contributed by atoms with Crippen LogP contribution in [0.2, 0.25) is 0 Å². The number of amides is 6. The Labute approximate surface area is 470 Å². The van der Waals surface area contributed by atoms with E-state index in [1.165, 1.54) is 11.3 Å². The van der Waals surface area contributed by atoms with Crippen LogP contribution in [-0.2, 0) is 41.5 Å². The Morgan fingerprint density at radius 1 is 0.844 bits per heavy atom. The van der Waals surface area contributed by atoms with E-state index in [0.717, 1.165) is 29.1 Å². The topological polar surface area (TPSA) is 192 Å². The average molecular weight is 1130 g/mol. The van der Waals surface area contributed by atoms with Crippen molar-refractivity contribution in [3.05, 3.63) is 81.8 Å². The molecule has 0 saturated carbocycles. The van der Waals surface area contributed by atoms with Crippen molar-refractivity contribution in [2.75, 3.05) is 73.6 Å². The highest BCUT2D eigenvalue weighted by Gasteiger charge is 2.43. The van der Waals surface area contributed by atoms with E-state index in [1.807, 2.05) is 110 Å². The van der Waals surface area contributed by atoms with E-state index < -0.39 is 54.4 Å². The molecule has 20 heteroatoms. The van der Waals surface area contributed by atoms with E-state index in [-0.39, 0.29) is 59.4 Å². The number of hydrogen-bond acceptors (Lipinski definition) is 14. The summed E-state index contributed by atoms with van der Waals surface area (Å²) in [6.07, 6.45) is 1.27. The number of carbonyl (C=O) groups excluding carboxylic acids is 6. The molecule has 428 valence electrons. The molecule has 0 aliphatic carbocycles. The van der Waals surface area contributed by atoms with Gasteiger partial charge in [0.2, 0.25) is 23.6 Å². The predicted molar refractivity (Wildman–Crippen MR) is 310 cm³/mol. The van der Waals surface area contributed by atoms with Gasteiger partial charge >= 0.3 is 6.09 Å². The maximum atomic E-state index is 14.6. The van der Waals surface area contributed by atoms with Gasteiger partial charge in [0.15, 0.2) is 0 Å². The lowest BCUT2D eigenvalue weighted by atomic mass is 9.89. The van der Waals surface area contributed by atoms with Crippen LogP contribution in [0.25, 0.3) is 0 Å². The van der Waals surface area contributed by atoms with Crippen LogP contribution in [-0.4, -0.2) is 170 Å². The van der Waals surface area contributed by atoms with E-state index in [0.29, 0.717) is 56.1 Å². The van der Waals surface area contributed by atoms with Crippen LogP contribution in [0.4, 0.5) is 4.79 Å². The second-order valence-corrected chi connectivity index (χ2v) is 24.7. The number of carbonyl (C=O) groups is 6. The summed E-state index contributed by atoms with van der Waals surface area (Å²) in [5.41, 5.74) is 2.17. The first-order chi connectivity index (χ1) is 36.7. The second kappa shape index (κ2) is 32.4. The average Bonchev–Trinajstić information content (AvgIpc) is 4.11. The van der Waals surface area contributed by atoms with Crippen LogP contribution >= 0.6 is 32.9 Å². The number of nitrogens with zero attached hydrogens (tertiary/aromatic N) is 5. The van der Waals surface area contributed by atoms with Crippen molar-refractivity contribution < 1.29 is 43.0 Å². The molecule has 0 spiro atoms. The van der Waals surface area contributed by atoms with Crippen LogP contribution in [0.3, 0.4) is 0 Å². The van der Waals surface area contributed by atoms with Crippen molar-refractivity contribution >= 4 is 68.6 Å². The van der Waals surface area contributed by atoms with Gasteiger partial charge in [0.25, 0.3) is 5.91 Å². The van der Waals surface area contributed by atoms with Crippen LogP contribution in [0.5, 0.6) is 5.75 Å². The first-order valence-electron chi connectivity index (χ1n) is 27.1. The van der Waals surface area contributed by atoms with Gasteiger partial charge in [-0.2, -0.15) is 0 Å². The largest absolute Gasteiger partial charge is 0.414 e. The van der Waals surface area contributed by atoms with Crippen molar-refractivity contribution in [3.8, 4) is 5.75 Å². The molecule has 1 aliphatic heterocycles. The Kier molecular flexibility index (Phi) is 27.2. The minimum atomic E-state index is -0.791. The Balaban J connectivity index is 1.43. The van der Waals surface area contributed by atoms with Crippen molar-refractivity contribution in [2.45, 2.75) is 136 Å². The maximum Gasteiger partial charge on any atom is 0.414 e. The number of likely N-dealkylation sites (N-methyl/N-ethyl adjacent to an activating group) is 2.